The molecule has 1 aromatic rings. The van der Waals surface area contributed by atoms with Crippen LogP contribution in [0, 0.1) is 0 Å². The third-order valence-corrected chi connectivity index (χ3v) is 3.18. The average molecular weight is 255 g/mol. The van der Waals surface area contributed by atoms with Crippen molar-refractivity contribution in [2.45, 2.75) is 32.2 Å². The van der Waals surface area contributed by atoms with E-state index in [0.29, 0.717) is 11.3 Å². The van der Waals surface area contributed by atoms with Crippen LogP contribution in [0.1, 0.15) is 26.2 Å². The molecule has 0 saturated carbocycles. The van der Waals surface area contributed by atoms with Gasteiger partial charge < -0.3 is 10.2 Å². The van der Waals surface area contributed by atoms with Gasteiger partial charge in [-0.15, -0.1) is 0 Å². The van der Waals surface area contributed by atoms with Crippen LogP contribution in [0.15, 0.2) is 12.3 Å². The molecule has 0 bridgehead atoms. The van der Waals surface area contributed by atoms with E-state index < -0.39 is 0 Å². The van der Waals surface area contributed by atoms with E-state index in [1.165, 1.54) is 32.4 Å². The Bertz CT molecular complexity index is 352. The van der Waals surface area contributed by atoms with Crippen LogP contribution in [0.2, 0.25) is 5.28 Å². The Morgan fingerprint density at radius 3 is 2.88 bits per heavy atom. The number of likely N-dealkylation sites (tertiary alicyclic amines) is 1. The van der Waals surface area contributed by atoms with E-state index in [0.717, 1.165) is 12.4 Å². The normalized spacial score (nSPS) is 18.9. The highest BCUT2D eigenvalue weighted by molar-refractivity contribution is 6.28. The molecule has 0 aromatic carbocycles. The van der Waals surface area contributed by atoms with Crippen molar-refractivity contribution in [1.82, 2.24) is 14.9 Å². The summed E-state index contributed by atoms with van der Waals surface area (Å²) in [6.45, 7) is 5.67. The summed E-state index contributed by atoms with van der Waals surface area (Å²) in [7, 11) is 0. The minimum atomic E-state index is 0.292. The predicted octanol–water partition coefficient (Wildman–Crippen LogP) is 2.42. The molecule has 4 nitrogen and oxygen atoms in total. The third kappa shape index (κ3) is 4.13. The quantitative estimate of drug-likeness (QED) is 0.838. The predicted molar refractivity (Wildman–Crippen MR) is 70.4 cm³/mol. The summed E-state index contributed by atoms with van der Waals surface area (Å²) in [4.78, 5) is 10.5. The molecule has 0 amide bonds. The fourth-order valence-corrected chi connectivity index (χ4v) is 2.39. The van der Waals surface area contributed by atoms with Gasteiger partial charge in [-0.1, -0.05) is 6.42 Å². The lowest BCUT2D eigenvalue weighted by atomic mass is 10.1. The zero-order valence-corrected chi connectivity index (χ0v) is 11.0. The zero-order chi connectivity index (χ0) is 12.1. The molecule has 94 valence electrons. The van der Waals surface area contributed by atoms with Crippen molar-refractivity contribution in [1.29, 1.82) is 0 Å². The van der Waals surface area contributed by atoms with Gasteiger partial charge in [-0.05, 0) is 50.5 Å². The summed E-state index contributed by atoms with van der Waals surface area (Å²) in [5.74, 6) is 0.800. The topological polar surface area (TPSA) is 41.0 Å². The number of hydrogen-bond acceptors (Lipinski definition) is 4. The number of halogens is 1. The molecule has 1 aromatic heterocycles. The number of anilines is 1. The van der Waals surface area contributed by atoms with Crippen molar-refractivity contribution < 1.29 is 0 Å². The second kappa shape index (κ2) is 6.17. The Hall–Kier alpha value is -0.870. The summed E-state index contributed by atoms with van der Waals surface area (Å²) in [5.41, 5.74) is 0. The lowest BCUT2D eigenvalue weighted by Crippen LogP contribution is -2.38. The first kappa shape index (κ1) is 12.6. The largest absolute Gasteiger partial charge is 0.366 e. The molecule has 1 unspecified atom stereocenters. The van der Waals surface area contributed by atoms with Crippen LogP contribution in [-0.4, -0.2) is 40.5 Å². The first-order chi connectivity index (χ1) is 8.24. The lowest BCUT2D eigenvalue weighted by molar-refractivity contribution is 0.223. The smallest absolute Gasteiger partial charge is 0.224 e. The van der Waals surface area contributed by atoms with Gasteiger partial charge in [0, 0.05) is 18.8 Å². The lowest BCUT2D eigenvalue weighted by Gasteiger charge is -2.29. The monoisotopic (exact) mass is 254 g/mol. The van der Waals surface area contributed by atoms with Crippen molar-refractivity contribution in [3.63, 3.8) is 0 Å². The van der Waals surface area contributed by atoms with Crippen LogP contribution >= 0.6 is 11.6 Å². The maximum absolute atomic E-state index is 5.75. The van der Waals surface area contributed by atoms with Crippen molar-refractivity contribution in [3.05, 3.63) is 17.5 Å². The molecule has 1 aliphatic rings. The Kier molecular flexibility index (Phi) is 4.57. The zero-order valence-electron chi connectivity index (χ0n) is 10.2. The van der Waals surface area contributed by atoms with Gasteiger partial charge in [0.25, 0.3) is 0 Å². The maximum atomic E-state index is 5.75. The van der Waals surface area contributed by atoms with Crippen molar-refractivity contribution in [2.75, 3.05) is 25.0 Å². The highest BCUT2D eigenvalue weighted by Crippen LogP contribution is 2.11. The highest BCUT2D eigenvalue weighted by atomic mass is 35.5. The maximum Gasteiger partial charge on any atom is 0.224 e. The van der Waals surface area contributed by atoms with E-state index in [-0.39, 0.29) is 0 Å². The molecular weight excluding hydrogens is 236 g/mol. The first-order valence-electron chi connectivity index (χ1n) is 6.21. The Morgan fingerprint density at radius 2 is 2.18 bits per heavy atom. The van der Waals surface area contributed by atoms with Crippen LogP contribution < -0.4 is 5.32 Å². The minimum Gasteiger partial charge on any atom is -0.366 e. The summed E-state index contributed by atoms with van der Waals surface area (Å²) in [5, 5.41) is 3.64. The number of piperidine rings is 1. The fourth-order valence-electron chi connectivity index (χ4n) is 2.24. The van der Waals surface area contributed by atoms with Gasteiger partial charge in [0.1, 0.15) is 5.82 Å². The van der Waals surface area contributed by atoms with Crippen LogP contribution in [-0.2, 0) is 0 Å². The highest BCUT2D eigenvalue weighted by Gasteiger charge is 2.13. The van der Waals surface area contributed by atoms with Crippen molar-refractivity contribution in [3.8, 4) is 0 Å². The van der Waals surface area contributed by atoms with Gasteiger partial charge in [-0.3, -0.25) is 0 Å². The van der Waals surface area contributed by atoms with Crippen LogP contribution in [0.5, 0.6) is 0 Å². The number of nitrogens with one attached hydrogen (secondary N) is 1. The van der Waals surface area contributed by atoms with E-state index in [1.807, 2.05) is 6.07 Å². The number of rotatable bonds is 4. The second-order valence-corrected chi connectivity index (χ2v) is 4.96. The molecule has 17 heavy (non-hydrogen) atoms. The average Bonchev–Trinajstić information content (AvgIpc) is 2.30. The molecule has 1 fully saturated rings. The van der Waals surface area contributed by atoms with Crippen LogP contribution in [0.4, 0.5) is 5.82 Å². The molecular formula is C12H19ClN4. The second-order valence-electron chi connectivity index (χ2n) is 4.62. The summed E-state index contributed by atoms with van der Waals surface area (Å²) in [6, 6.07) is 2.22. The molecule has 0 radical (unpaired) electrons. The van der Waals surface area contributed by atoms with Gasteiger partial charge in [0.2, 0.25) is 5.28 Å². The van der Waals surface area contributed by atoms with Gasteiger partial charge >= 0.3 is 0 Å². The molecule has 1 aliphatic heterocycles. The van der Waals surface area contributed by atoms with Gasteiger partial charge in [0.05, 0.1) is 0 Å². The van der Waals surface area contributed by atoms with Crippen LogP contribution in [0.3, 0.4) is 0 Å². The number of nitrogens with zero attached hydrogens (tertiary/aromatic N) is 3. The van der Waals surface area contributed by atoms with E-state index in [9.17, 15) is 0 Å². The van der Waals surface area contributed by atoms with E-state index in [2.05, 4.69) is 27.1 Å². The van der Waals surface area contributed by atoms with Gasteiger partial charge in [0.15, 0.2) is 0 Å². The Balaban J connectivity index is 1.82. The van der Waals surface area contributed by atoms with Crippen LogP contribution in [0.25, 0.3) is 0 Å². The molecule has 0 aliphatic carbocycles. The summed E-state index contributed by atoms with van der Waals surface area (Å²) in [6.07, 6.45) is 5.70. The molecule has 5 heteroatoms. The molecule has 2 rings (SSSR count). The first-order valence-corrected chi connectivity index (χ1v) is 6.59. The van der Waals surface area contributed by atoms with Gasteiger partial charge in [-0.2, -0.15) is 0 Å². The Morgan fingerprint density at radius 1 is 1.41 bits per heavy atom. The van der Waals surface area contributed by atoms with Gasteiger partial charge in [-0.25, -0.2) is 9.97 Å². The SMILES string of the molecule is CC(CN1CCCCC1)Nc1ccnc(Cl)n1. The Labute approximate surface area is 107 Å². The summed E-state index contributed by atoms with van der Waals surface area (Å²) >= 11 is 5.75. The number of hydrogen-bond donors (Lipinski definition) is 1. The van der Waals surface area contributed by atoms with Crippen molar-refractivity contribution >= 4 is 17.4 Å². The molecule has 2 heterocycles. The molecule has 1 N–H and O–H groups in total. The minimum absolute atomic E-state index is 0.292. The molecule has 1 saturated heterocycles. The third-order valence-electron chi connectivity index (χ3n) is 3.00. The standard InChI is InChI=1S/C12H19ClN4/c1-10(9-17-7-3-2-4-8-17)15-11-5-6-14-12(13)16-11/h5-6,10H,2-4,7-9H2,1H3,(H,14,15,16). The molecule has 1 atom stereocenters. The summed E-state index contributed by atoms with van der Waals surface area (Å²) < 4.78 is 0. The fraction of sp³-hybridized carbons (Fsp3) is 0.667. The van der Waals surface area contributed by atoms with Crippen molar-refractivity contribution in [2.24, 2.45) is 0 Å². The number of aromatic nitrogens is 2. The van der Waals surface area contributed by atoms with E-state index in [4.69, 9.17) is 11.6 Å². The molecule has 0 spiro atoms. The van der Waals surface area contributed by atoms with E-state index in [1.54, 1.807) is 6.20 Å². The van der Waals surface area contributed by atoms with E-state index >= 15 is 0 Å².